The van der Waals surface area contributed by atoms with Gasteiger partial charge in [-0.2, -0.15) is 20.1 Å². The van der Waals surface area contributed by atoms with Crippen molar-refractivity contribution in [2.45, 2.75) is 19.4 Å². The molecule has 3 aromatic rings. The molecule has 0 aliphatic carbocycles. The van der Waals surface area contributed by atoms with Crippen molar-refractivity contribution in [3.05, 3.63) is 46.1 Å². The van der Waals surface area contributed by atoms with Crippen LogP contribution in [0, 0.1) is 0 Å². The van der Waals surface area contributed by atoms with Crippen molar-refractivity contribution >= 4 is 28.9 Å². The Morgan fingerprint density at radius 3 is 2.95 bits per heavy atom. The summed E-state index contributed by atoms with van der Waals surface area (Å²) in [5, 5.41) is 9.54. The highest BCUT2D eigenvalue weighted by Crippen LogP contribution is 2.14. The van der Waals surface area contributed by atoms with Crippen molar-refractivity contribution in [3.63, 3.8) is 0 Å². The summed E-state index contributed by atoms with van der Waals surface area (Å²) >= 11 is 7.68. The molecular weight excluding hydrogens is 308 g/mol. The molecule has 0 saturated carbocycles. The van der Waals surface area contributed by atoms with E-state index in [1.165, 1.54) is 4.88 Å². The number of anilines is 1. The lowest BCUT2D eigenvalue weighted by Gasteiger charge is -2.13. The summed E-state index contributed by atoms with van der Waals surface area (Å²) in [6, 6.07) is 6.14. The van der Waals surface area contributed by atoms with Crippen LogP contribution in [0.1, 0.15) is 11.8 Å². The van der Waals surface area contributed by atoms with Crippen LogP contribution < -0.4 is 5.32 Å². The van der Waals surface area contributed by atoms with Crippen LogP contribution >= 0.6 is 22.9 Å². The van der Waals surface area contributed by atoms with Gasteiger partial charge in [0.05, 0.1) is 0 Å². The molecule has 0 amide bonds. The lowest BCUT2D eigenvalue weighted by atomic mass is 10.2. The van der Waals surface area contributed by atoms with Crippen molar-refractivity contribution in [2.75, 3.05) is 5.32 Å². The lowest BCUT2D eigenvalue weighted by Crippen LogP contribution is -2.20. The Morgan fingerprint density at radius 1 is 1.33 bits per heavy atom. The number of thiophene rings is 1. The summed E-state index contributed by atoms with van der Waals surface area (Å²) in [5.41, 5.74) is 0. The van der Waals surface area contributed by atoms with Gasteiger partial charge in [0.15, 0.2) is 0 Å². The van der Waals surface area contributed by atoms with Crippen LogP contribution in [0.4, 0.5) is 5.95 Å². The topological polar surface area (TPSA) is 68.5 Å². The van der Waals surface area contributed by atoms with Crippen molar-refractivity contribution < 1.29 is 0 Å². The van der Waals surface area contributed by atoms with Gasteiger partial charge in [-0.25, -0.2) is 4.68 Å². The largest absolute Gasteiger partial charge is 0.351 e. The first kappa shape index (κ1) is 14.0. The SMILES string of the molecule is CC(Cc1cccs1)Nc1nc(Cl)nc(-n2cccn2)n1. The molecule has 3 aromatic heterocycles. The Kier molecular flexibility index (Phi) is 4.12. The lowest BCUT2D eigenvalue weighted by molar-refractivity contribution is 0.761. The van der Waals surface area contributed by atoms with E-state index in [4.69, 9.17) is 11.6 Å². The maximum absolute atomic E-state index is 5.95. The second-order valence-corrected chi connectivity index (χ2v) is 5.88. The monoisotopic (exact) mass is 320 g/mol. The van der Waals surface area contributed by atoms with E-state index in [0.717, 1.165) is 6.42 Å². The molecular formula is C13H13ClN6S. The third kappa shape index (κ3) is 3.56. The molecule has 0 fully saturated rings. The van der Waals surface area contributed by atoms with Crippen LogP contribution in [0.25, 0.3) is 5.95 Å². The summed E-state index contributed by atoms with van der Waals surface area (Å²) in [4.78, 5) is 13.8. The van der Waals surface area contributed by atoms with E-state index in [9.17, 15) is 0 Å². The van der Waals surface area contributed by atoms with Gasteiger partial charge in [0.1, 0.15) is 0 Å². The van der Waals surface area contributed by atoms with E-state index in [1.807, 2.05) is 6.07 Å². The normalized spacial score (nSPS) is 12.3. The Morgan fingerprint density at radius 2 is 2.24 bits per heavy atom. The number of nitrogens with zero attached hydrogens (tertiary/aromatic N) is 5. The van der Waals surface area contributed by atoms with Crippen LogP contribution in [0.15, 0.2) is 36.0 Å². The molecule has 1 N–H and O–H groups in total. The van der Waals surface area contributed by atoms with Crippen LogP contribution in [0.3, 0.4) is 0 Å². The first-order valence-electron chi connectivity index (χ1n) is 6.41. The molecule has 108 valence electrons. The van der Waals surface area contributed by atoms with Gasteiger partial charge in [0.2, 0.25) is 11.2 Å². The number of halogens is 1. The van der Waals surface area contributed by atoms with Crippen molar-refractivity contribution in [2.24, 2.45) is 0 Å². The quantitative estimate of drug-likeness (QED) is 0.783. The number of hydrogen-bond donors (Lipinski definition) is 1. The molecule has 21 heavy (non-hydrogen) atoms. The van der Waals surface area contributed by atoms with Gasteiger partial charge in [-0.1, -0.05) is 6.07 Å². The Bertz CT molecular complexity index is 698. The van der Waals surface area contributed by atoms with Crippen molar-refractivity contribution in [3.8, 4) is 5.95 Å². The molecule has 1 unspecified atom stereocenters. The van der Waals surface area contributed by atoms with Crippen LogP contribution in [0.2, 0.25) is 5.28 Å². The Balaban J connectivity index is 1.76. The smallest absolute Gasteiger partial charge is 0.256 e. The first-order valence-corrected chi connectivity index (χ1v) is 7.67. The summed E-state index contributed by atoms with van der Waals surface area (Å²) in [5.74, 6) is 0.843. The molecule has 8 heteroatoms. The van der Waals surface area contributed by atoms with E-state index in [2.05, 4.69) is 43.7 Å². The third-order valence-electron chi connectivity index (χ3n) is 2.77. The van der Waals surface area contributed by atoms with Gasteiger partial charge >= 0.3 is 0 Å². The zero-order chi connectivity index (χ0) is 14.7. The molecule has 0 aliphatic rings. The maximum Gasteiger partial charge on any atom is 0.256 e. The minimum Gasteiger partial charge on any atom is -0.351 e. The standard InChI is InChI=1S/C13H13ClN6S/c1-9(8-10-4-2-7-21-10)16-12-17-11(14)18-13(19-12)20-6-3-5-15-20/h2-7,9H,8H2,1H3,(H,16,17,18,19). The van der Waals surface area contributed by atoms with E-state index in [0.29, 0.717) is 11.9 Å². The molecule has 0 bridgehead atoms. The predicted octanol–water partition coefficient (Wildman–Crippen LogP) is 2.82. The fraction of sp³-hybridized carbons (Fsp3) is 0.231. The molecule has 0 radical (unpaired) electrons. The highest BCUT2D eigenvalue weighted by atomic mass is 35.5. The van der Waals surface area contributed by atoms with E-state index < -0.39 is 0 Å². The van der Waals surface area contributed by atoms with Gasteiger partial charge in [-0.3, -0.25) is 0 Å². The molecule has 0 spiro atoms. The van der Waals surface area contributed by atoms with E-state index >= 15 is 0 Å². The van der Waals surface area contributed by atoms with Gasteiger partial charge in [-0.15, -0.1) is 11.3 Å². The maximum atomic E-state index is 5.95. The van der Waals surface area contributed by atoms with Crippen LogP contribution in [-0.2, 0) is 6.42 Å². The minimum absolute atomic E-state index is 0.140. The number of hydrogen-bond acceptors (Lipinski definition) is 6. The fourth-order valence-electron chi connectivity index (χ4n) is 1.90. The van der Waals surface area contributed by atoms with E-state index in [1.54, 1.807) is 34.5 Å². The van der Waals surface area contributed by atoms with Crippen molar-refractivity contribution in [1.29, 1.82) is 0 Å². The zero-order valence-electron chi connectivity index (χ0n) is 11.3. The zero-order valence-corrected chi connectivity index (χ0v) is 12.8. The van der Waals surface area contributed by atoms with Crippen LogP contribution in [-0.4, -0.2) is 30.8 Å². The van der Waals surface area contributed by atoms with Gasteiger partial charge in [0.25, 0.3) is 5.95 Å². The number of nitrogens with one attached hydrogen (secondary N) is 1. The van der Waals surface area contributed by atoms with Crippen LogP contribution in [0.5, 0.6) is 0 Å². The molecule has 3 heterocycles. The van der Waals surface area contributed by atoms with Gasteiger partial charge in [-0.05, 0) is 36.0 Å². The molecule has 0 aliphatic heterocycles. The average molecular weight is 321 g/mol. The molecule has 1 atom stereocenters. The van der Waals surface area contributed by atoms with Gasteiger partial charge < -0.3 is 5.32 Å². The second kappa shape index (κ2) is 6.19. The minimum atomic E-state index is 0.140. The summed E-state index contributed by atoms with van der Waals surface area (Å²) in [6.07, 6.45) is 4.31. The molecule has 0 saturated heterocycles. The molecule has 0 aromatic carbocycles. The Hall–Kier alpha value is -1.99. The Labute approximate surface area is 130 Å². The fourth-order valence-corrected chi connectivity index (χ4v) is 2.89. The molecule has 3 rings (SSSR count). The highest BCUT2D eigenvalue weighted by molar-refractivity contribution is 7.09. The highest BCUT2D eigenvalue weighted by Gasteiger charge is 2.10. The third-order valence-corrected chi connectivity index (χ3v) is 3.84. The number of aromatic nitrogens is 5. The summed E-state index contributed by atoms with van der Waals surface area (Å²) < 4.78 is 1.54. The predicted molar refractivity (Wildman–Crippen MR) is 83.1 cm³/mol. The molecule has 6 nitrogen and oxygen atoms in total. The number of rotatable bonds is 5. The average Bonchev–Trinajstić information content (AvgIpc) is 3.10. The van der Waals surface area contributed by atoms with Crippen molar-refractivity contribution in [1.82, 2.24) is 24.7 Å². The van der Waals surface area contributed by atoms with Gasteiger partial charge in [0, 0.05) is 29.7 Å². The van der Waals surface area contributed by atoms with E-state index in [-0.39, 0.29) is 11.3 Å². The first-order chi connectivity index (χ1) is 10.2. The summed E-state index contributed by atoms with van der Waals surface area (Å²) in [7, 11) is 0. The second-order valence-electron chi connectivity index (χ2n) is 4.51. The summed E-state index contributed by atoms with van der Waals surface area (Å²) in [6.45, 7) is 2.07.